The Morgan fingerprint density at radius 2 is 2.14 bits per heavy atom. The van der Waals surface area contributed by atoms with Crippen molar-refractivity contribution in [3.63, 3.8) is 0 Å². The zero-order valence-electron chi connectivity index (χ0n) is 8.45. The predicted octanol–water partition coefficient (Wildman–Crippen LogP) is 2.20. The molecule has 1 aliphatic heterocycles. The first-order valence-electron chi connectivity index (χ1n) is 5.63. The molecule has 1 heterocycles. The van der Waals surface area contributed by atoms with E-state index in [1.54, 1.807) is 0 Å². The topological polar surface area (TPSA) is 46.5 Å². The lowest BCUT2D eigenvalue weighted by Crippen LogP contribution is -2.20. The molecule has 0 spiro atoms. The SMILES string of the molecule is O=C(O)CCC1CC2CCCCC2O1. The Labute approximate surface area is 84.4 Å². The first-order valence-corrected chi connectivity index (χ1v) is 5.63. The first kappa shape index (κ1) is 9.97. The van der Waals surface area contributed by atoms with E-state index in [-0.39, 0.29) is 12.5 Å². The largest absolute Gasteiger partial charge is 0.481 e. The van der Waals surface area contributed by atoms with Gasteiger partial charge in [-0.2, -0.15) is 0 Å². The zero-order chi connectivity index (χ0) is 9.97. The van der Waals surface area contributed by atoms with Crippen molar-refractivity contribution in [1.82, 2.24) is 0 Å². The molecule has 80 valence electrons. The van der Waals surface area contributed by atoms with Crippen LogP contribution in [0, 0.1) is 5.92 Å². The molecule has 3 unspecified atom stereocenters. The summed E-state index contributed by atoms with van der Waals surface area (Å²) in [6.45, 7) is 0. The molecule has 2 fully saturated rings. The van der Waals surface area contributed by atoms with Gasteiger partial charge in [0.15, 0.2) is 0 Å². The van der Waals surface area contributed by atoms with Gasteiger partial charge in [0.25, 0.3) is 0 Å². The number of ether oxygens (including phenoxy) is 1. The van der Waals surface area contributed by atoms with E-state index in [2.05, 4.69) is 0 Å². The van der Waals surface area contributed by atoms with Gasteiger partial charge in [0, 0.05) is 6.42 Å². The minimum absolute atomic E-state index is 0.221. The second kappa shape index (κ2) is 4.30. The lowest BCUT2D eigenvalue weighted by molar-refractivity contribution is -0.137. The molecular formula is C11H18O3. The van der Waals surface area contributed by atoms with Crippen molar-refractivity contribution in [3.05, 3.63) is 0 Å². The second-order valence-electron chi connectivity index (χ2n) is 4.51. The molecule has 0 aromatic heterocycles. The molecule has 1 aliphatic carbocycles. The maximum absolute atomic E-state index is 10.4. The number of hydrogen-bond donors (Lipinski definition) is 1. The third-order valence-corrected chi connectivity index (χ3v) is 3.45. The van der Waals surface area contributed by atoms with Gasteiger partial charge in [-0.15, -0.1) is 0 Å². The van der Waals surface area contributed by atoms with Crippen LogP contribution >= 0.6 is 0 Å². The van der Waals surface area contributed by atoms with Crippen LogP contribution in [0.4, 0.5) is 0 Å². The van der Waals surface area contributed by atoms with Gasteiger partial charge in [-0.3, -0.25) is 4.79 Å². The summed E-state index contributed by atoms with van der Waals surface area (Å²) in [5, 5.41) is 8.58. The van der Waals surface area contributed by atoms with Crippen LogP contribution in [0.3, 0.4) is 0 Å². The number of carboxylic acid groups (broad SMARTS) is 1. The van der Waals surface area contributed by atoms with Crippen LogP contribution in [0.5, 0.6) is 0 Å². The van der Waals surface area contributed by atoms with Crippen LogP contribution in [0.25, 0.3) is 0 Å². The van der Waals surface area contributed by atoms with Crippen LogP contribution in [0.2, 0.25) is 0 Å². The summed E-state index contributed by atoms with van der Waals surface area (Å²) in [7, 11) is 0. The van der Waals surface area contributed by atoms with Gasteiger partial charge in [0.2, 0.25) is 0 Å². The molecule has 0 amide bonds. The summed E-state index contributed by atoms with van der Waals surface area (Å²) in [5.41, 5.74) is 0. The molecule has 0 bridgehead atoms. The number of rotatable bonds is 3. The highest BCUT2D eigenvalue weighted by Crippen LogP contribution is 2.38. The maximum Gasteiger partial charge on any atom is 0.303 e. The number of hydrogen-bond acceptors (Lipinski definition) is 2. The van der Waals surface area contributed by atoms with Crippen molar-refractivity contribution < 1.29 is 14.6 Å². The van der Waals surface area contributed by atoms with Gasteiger partial charge >= 0.3 is 5.97 Å². The first-order chi connectivity index (χ1) is 6.75. The lowest BCUT2D eigenvalue weighted by Gasteiger charge is -2.23. The number of aliphatic carboxylic acids is 1. The van der Waals surface area contributed by atoms with Gasteiger partial charge in [-0.05, 0) is 31.6 Å². The van der Waals surface area contributed by atoms with E-state index in [0.29, 0.717) is 12.5 Å². The Hall–Kier alpha value is -0.570. The Balaban J connectivity index is 1.78. The molecule has 2 rings (SSSR count). The number of carboxylic acids is 1. The highest BCUT2D eigenvalue weighted by molar-refractivity contribution is 5.66. The van der Waals surface area contributed by atoms with Gasteiger partial charge in [0.1, 0.15) is 0 Å². The van der Waals surface area contributed by atoms with E-state index in [1.165, 1.54) is 25.7 Å². The Bertz CT molecular complexity index is 201. The fraction of sp³-hybridized carbons (Fsp3) is 0.909. The molecule has 0 aromatic carbocycles. The summed E-state index contributed by atoms with van der Waals surface area (Å²) in [4.78, 5) is 10.4. The average Bonchev–Trinajstić information content (AvgIpc) is 2.57. The quantitative estimate of drug-likeness (QED) is 0.756. The smallest absolute Gasteiger partial charge is 0.303 e. The van der Waals surface area contributed by atoms with Gasteiger partial charge in [-0.1, -0.05) is 12.8 Å². The molecule has 1 saturated carbocycles. The van der Waals surface area contributed by atoms with E-state index in [9.17, 15) is 4.79 Å². The predicted molar refractivity (Wildman–Crippen MR) is 52.1 cm³/mol. The fourth-order valence-electron chi connectivity index (χ4n) is 2.73. The fourth-order valence-corrected chi connectivity index (χ4v) is 2.73. The van der Waals surface area contributed by atoms with Crippen molar-refractivity contribution >= 4 is 5.97 Å². The van der Waals surface area contributed by atoms with E-state index in [0.717, 1.165) is 12.3 Å². The number of carbonyl (C=O) groups is 1. The summed E-state index contributed by atoms with van der Waals surface area (Å²) >= 11 is 0. The molecule has 14 heavy (non-hydrogen) atoms. The standard InChI is InChI=1S/C11H18O3/c12-11(13)6-5-9-7-8-3-1-2-4-10(8)14-9/h8-10H,1-7H2,(H,12,13). The third kappa shape index (κ3) is 2.27. The molecule has 1 saturated heterocycles. The maximum atomic E-state index is 10.4. The Kier molecular flexibility index (Phi) is 3.06. The summed E-state index contributed by atoms with van der Waals surface area (Å²) in [5.74, 6) is 0.0195. The number of fused-ring (bicyclic) bond motifs is 1. The van der Waals surface area contributed by atoms with E-state index in [4.69, 9.17) is 9.84 Å². The monoisotopic (exact) mass is 198 g/mol. The molecule has 3 heteroatoms. The lowest BCUT2D eigenvalue weighted by atomic mass is 9.85. The third-order valence-electron chi connectivity index (χ3n) is 3.45. The van der Waals surface area contributed by atoms with Gasteiger partial charge < -0.3 is 9.84 Å². The van der Waals surface area contributed by atoms with E-state index in [1.807, 2.05) is 0 Å². The zero-order valence-corrected chi connectivity index (χ0v) is 8.45. The molecular weight excluding hydrogens is 180 g/mol. The van der Waals surface area contributed by atoms with Crippen molar-refractivity contribution in [2.24, 2.45) is 5.92 Å². The average molecular weight is 198 g/mol. The molecule has 3 atom stereocenters. The van der Waals surface area contributed by atoms with Gasteiger partial charge in [0.05, 0.1) is 12.2 Å². The summed E-state index contributed by atoms with van der Waals surface area (Å²) < 4.78 is 5.85. The normalized spacial score (nSPS) is 36.7. The van der Waals surface area contributed by atoms with Crippen molar-refractivity contribution in [1.29, 1.82) is 0 Å². The highest BCUT2D eigenvalue weighted by atomic mass is 16.5. The Morgan fingerprint density at radius 1 is 1.36 bits per heavy atom. The second-order valence-corrected chi connectivity index (χ2v) is 4.51. The van der Waals surface area contributed by atoms with Gasteiger partial charge in [-0.25, -0.2) is 0 Å². The van der Waals surface area contributed by atoms with Crippen LogP contribution in [0.1, 0.15) is 44.9 Å². The summed E-state index contributed by atoms with van der Waals surface area (Å²) in [6.07, 6.45) is 7.80. The molecule has 1 N–H and O–H groups in total. The van der Waals surface area contributed by atoms with E-state index < -0.39 is 5.97 Å². The molecule has 0 aromatic rings. The summed E-state index contributed by atoms with van der Waals surface area (Å²) in [6, 6.07) is 0. The molecule has 2 aliphatic rings. The molecule has 3 nitrogen and oxygen atoms in total. The van der Waals surface area contributed by atoms with Crippen molar-refractivity contribution in [3.8, 4) is 0 Å². The van der Waals surface area contributed by atoms with Crippen LogP contribution in [-0.2, 0) is 9.53 Å². The van der Waals surface area contributed by atoms with Crippen LogP contribution in [0.15, 0.2) is 0 Å². The molecule has 0 radical (unpaired) electrons. The van der Waals surface area contributed by atoms with Crippen LogP contribution < -0.4 is 0 Å². The minimum atomic E-state index is -0.705. The highest BCUT2D eigenvalue weighted by Gasteiger charge is 2.36. The minimum Gasteiger partial charge on any atom is -0.481 e. The Morgan fingerprint density at radius 3 is 2.86 bits per heavy atom. The van der Waals surface area contributed by atoms with E-state index >= 15 is 0 Å². The van der Waals surface area contributed by atoms with Crippen LogP contribution in [-0.4, -0.2) is 23.3 Å². The van der Waals surface area contributed by atoms with Crippen molar-refractivity contribution in [2.75, 3.05) is 0 Å². The van der Waals surface area contributed by atoms with Crippen molar-refractivity contribution in [2.45, 2.75) is 57.2 Å².